The smallest absolute Gasteiger partial charge is 0.209 e. The van der Waals surface area contributed by atoms with E-state index in [1.54, 1.807) is 35.3 Å². The number of hydrogen-bond acceptors (Lipinski definition) is 4. The van der Waals surface area contributed by atoms with Crippen molar-refractivity contribution in [2.75, 3.05) is 0 Å². The van der Waals surface area contributed by atoms with Crippen LogP contribution in [0.5, 0.6) is 0 Å². The molecule has 6 heteroatoms. The van der Waals surface area contributed by atoms with Crippen LogP contribution >= 0.6 is 11.6 Å². The molecule has 0 spiro atoms. The maximum atomic E-state index is 12.2. The summed E-state index contributed by atoms with van der Waals surface area (Å²) in [6.45, 7) is 4.01. The Kier molecular flexibility index (Phi) is 4.21. The molecule has 3 rings (SSSR count). The molecule has 0 saturated heterocycles. The van der Waals surface area contributed by atoms with Gasteiger partial charge in [0.25, 0.3) is 0 Å². The van der Waals surface area contributed by atoms with E-state index >= 15 is 0 Å². The lowest BCUT2D eigenvalue weighted by molar-refractivity contribution is 0.771. The van der Waals surface area contributed by atoms with Crippen LogP contribution in [-0.2, 0) is 0 Å². The third-order valence-electron chi connectivity index (χ3n) is 3.33. The van der Waals surface area contributed by atoms with Crippen LogP contribution in [0.15, 0.2) is 53.6 Å². The molecule has 1 aromatic carbocycles. The van der Waals surface area contributed by atoms with Crippen molar-refractivity contribution in [3.63, 3.8) is 0 Å². The SMILES string of the molecule is CC(C)c1nccc(-c2nn(-c3ccc(Cl)cc3)ccc2=O)n1. The Labute approximate surface area is 138 Å². The highest BCUT2D eigenvalue weighted by molar-refractivity contribution is 6.30. The first-order valence-corrected chi connectivity index (χ1v) is 7.61. The van der Waals surface area contributed by atoms with Gasteiger partial charge < -0.3 is 0 Å². The molecule has 0 bridgehead atoms. The van der Waals surface area contributed by atoms with Crippen LogP contribution in [0.25, 0.3) is 17.1 Å². The Morgan fingerprint density at radius 3 is 2.52 bits per heavy atom. The van der Waals surface area contributed by atoms with E-state index in [-0.39, 0.29) is 11.3 Å². The summed E-state index contributed by atoms with van der Waals surface area (Å²) < 4.78 is 1.63. The highest BCUT2D eigenvalue weighted by Crippen LogP contribution is 2.16. The summed E-state index contributed by atoms with van der Waals surface area (Å²) in [6.07, 6.45) is 3.28. The van der Waals surface area contributed by atoms with Crippen LogP contribution in [0, 0.1) is 0 Å². The third kappa shape index (κ3) is 3.29. The molecule has 0 unspecified atom stereocenters. The van der Waals surface area contributed by atoms with E-state index in [0.29, 0.717) is 22.2 Å². The maximum Gasteiger partial charge on any atom is 0.209 e. The molecule has 0 atom stereocenters. The summed E-state index contributed by atoms with van der Waals surface area (Å²) in [7, 11) is 0. The zero-order valence-corrected chi connectivity index (χ0v) is 13.5. The van der Waals surface area contributed by atoms with Gasteiger partial charge in [0.05, 0.1) is 11.4 Å². The van der Waals surface area contributed by atoms with Crippen molar-refractivity contribution in [3.05, 3.63) is 69.9 Å². The van der Waals surface area contributed by atoms with Crippen molar-refractivity contribution in [3.8, 4) is 17.1 Å². The molecule has 0 fully saturated rings. The molecule has 0 aliphatic rings. The average Bonchev–Trinajstić information content (AvgIpc) is 2.56. The van der Waals surface area contributed by atoms with Gasteiger partial charge >= 0.3 is 0 Å². The van der Waals surface area contributed by atoms with Gasteiger partial charge in [-0.3, -0.25) is 4.79 Å². The fourth-order valence-corrected chi connectivity index (χ4v) is 2.23. The van der Waals surface area contributed by atoms with Crippen LogP contribution in [-0.4, -0.2) is 19.7 Å². The van der Waals surface area contributed by atoms with Crippen molar-refractivity contribution in [2.45, 2.75) is 19.8 Å². The van der Waals surface area contributed by atoms with Crippen molar-refractivity contribution in [1.29, 1.82) is 0 Å². The molecule has 5 nitrogen and oxygen atoms in total. The Bertz CT molecular complexity index is 888. The standard InChI is InChI=1S/C17H15ClN4O/c1-11(2)17-19-9-7-14(20-17)16-15(23)8-10-22(21-16)13-5-3-12(18)4-6-13/h3-11H,1-2H3. The second-order valence-corrected chi connectivity index (χ2v) is 5.84. The van der Waals surface area contributed by atoms with Gasteiger partial charge in [0.1, 0.15) is 5.82 Å². The Hall–Kier alpha value is -2.53. The van der Waals surface area contributed by atoms with Crippen LogP contribution in [0.3, 0.4) is 0 Å². The topological polar surface area (TPSA) is 60.7 Å². The average molecular weight is 327 g/mol. The monoisotopic (exact) mass is 326 g/mol. The molecular weight excluding hydrogens is 312 g/mol. The van der Waals surface area contributed by atoms with Crippen LogP contribution in [0.1, 0.15) is 25.6 Å². The van der Waals surface area contributed by atoms with E-state index in [1.165, 1.54) is 6.07 Å². The van der Waals surface area contributed by atoms with Gasteiger partial charge in [0.15, 0.2) is 5.69 Å². The summed E-state index contributed by atoms with van der Waals surface area (Å²) in [5, 5.41) is 5.06. The highest BCUT2D eigenvalue weighted by Gasteiger charge is 2.11. The fourth-order valence-electron chi connectivity index (χ4n) is 2.11. The minimum atomic E-state index is -0.177. The Morgan fingerprint density at radius 2 is 1.83 bits per heavy atom. The van der Waals surface area contributed by atoms with E-state index in [1.807, 2.05) is 26.0 Å². The van der Waals surface area contributed by atoms with E-state index in [4.69, 9.17) is 11.6 Å². The molecule has 0 saturated carbocycles. The molecule has 3 aromatic rings. The molecule has 0 aliphatic heterocycles. The van der Waals surface area contributed by atoms with Gasteiger partial charge in [-0.1, -0.05) is 25.4 Å². The van der Waals surface area contributed by atoms with Gasteiger partial charge in [0, 0.05) is 29.4 Å². The van der Waals surface area contributed by atoms with Crippen molar-refractivity contribution in [2.24, 2.45) is 0 Å². The molecule has 23 heavy (non-hydrogen) atoms. The van der Waals surface area contributed by atoms with Gasteiger partial charge in [-0.15, -0.1) is 0 Å². The first-order valence-electron chi connectivity index (χ1n) is 7.24. The number of halogens is 1. The highest BCUT2D eigenvalue weighted by atomic mass is 35.5. The van der Waals surface area contributed by atoms with Crippen molar-refractivity contribution < 1.29 is 0 Å². The summed E-state index contributed by atoms with van der Waals surface area (Å²) in [5.41, 5.74) is 1.46. The minimum absolute atomic E-state index is 0.177. The fraction of sp³-hybridized carbons (Fsp3) is 0.176. The molecule has 0 radical (unpaired) electrons. The molecule has 0 amide bonds. The van der Waals surface area contributed by atoms with Crippen LogP contribution < -0.4 is 5.43 Å². The number of hydrogen-bond donors (Lipinski definition) is 0. The van der Waals surface area contributed by atoms with Gasteiger partial charge in [0.2, 0.25) is 5.43 Å². The van der Waals surface area contributed by atoms with E-state index in [2.05, 4.69) is 15.1 Å². The lowest BCUT2D eigenvalue weighted by atomic mass is 10.2. The van der Waals surface area contributed by atoms with E-state index in [0.717, 1.165) is 5.69 Å². The van der Waals surface area contributed by atoms with Gasteiger partial charge in [-0.05, 0) is 30.3 Å². The molecule has 2 aromatic heterocycles. The Balaban J connectivity index is 2.09. The zero-order valence-electron chi connectivity index (χ0n) is 12.8. The number of nitrogens with zero attached hydrogens (tertiary/aromatic N) is 4. The summed E-state index contributed by atoms with van der Waals surface area (Å²) >= 11 is 5.90. The maximum absolute atomic E-state index is 12.2. The van der Waals surface area contributed by atoms with Crippen LogP contribution in [0.4, 0.5) is 0 Å². The van der Waals surface area contributed by atoms with E-state index < -0.39 is 0 Å². The molecule has 116 valence electrons. The van der Waals surface area contributed by atoms with E-state index in [9.17, 15) is 4.79 Å². The normalized spacial score (nSPS) is 11.0. The number of aromatic nitrogens is 4. The zero-order chi connectivity index (χ0) is 16.4. The van der Waals surface area contributed by atoms with Crippen molar-refractivity contribution in [1.82, 2.24) is 19.7 Å². The predicted molar refractivity (Wildman–Crippen MR) is 90.0 cm³/mol. The van der Waals surface area contributed by atoms with Gasteiger partial charge in [-0.25, -0.2) is 14.6 Å². The number of benzene rings is 1. The summed E-state index contributed by atoms with van der Waals surface area (Å²) in [6, 6.07) is 10.4. The third-order valence-corrected chi connectivity index (χ3v) is 3.58. The molecule has 0 N–H and O–H groups in total. The largest absolute Gasteiger partial charge is 0.287 e. The predicted octanol–water partition coefficient (Wildman–Crippen LogP) is 3.47. The first-order chi connectivity index (χ1) is 11.0. The minimum Gasteiger partial charge on any atom is -0.287 e. The lowest BCUT2D eigenvalue weighted by Gasteiger charge is -2.08. The Morgan fingerprint density at radius 1 is 1.09 bits per heavy atom. The first kappa shape index (κ1) is 15.4. The number of rotatable bonds is 3. The lowest BCUT2D eigenvalue weighted by Crippen LogP contribution is -2.14. The summed E-state index contributed by atoms with van der Waals surface area (Å²) in [4.78, 5) is 20.8. The molecular formula is C17H15ClN4O. The quantitative estimate of drug-likeness (QED) is 0.739. The second kappa shape index (κ2) is 6.30. The van der Waals surface area contributed by atoms with Gasteiger partial charge in [-0.2, -0.15) is 5.10 Å². The van der Waals surface area contributed by atoms with Crippen molar-refractivity contribution >= 4 is 11.6 Å². The molecule has 2 heterocycles. The summed E-state index contributed by atoms with van der Waals surface area (Å²) in [5.74, 6) is 0.864. The second-order valence-electron chi connectivity index (χ2n) is 5.40. The molecule has 0 aliphatic carbocycles. The van der Waals surface area contributed by atoms with Crippen LogP contribution in [0.2, 0.25) is 5.02 Å².